The molecule has 146 valence electrons. The lowest BCUT2D eigenvalue weighted by molar-refractivity contribution is -0.136. The molecule has 1 aromatic heterocycles. The number of carboxylic acids is 1. The summed E-state index contributed by atoms with van der Waals surface area (Å²) >= 11 is 0. The van der Waals surface area contributed by atoms with Gasteiger partial charge in [0.25, 0.3) is 11.5 Å². The number of carboxylic acid groups (broad SMARTS) is 1. The number of aliphatic carboxylic acids is 1. The third-order valence-electron chi connectivity index (χ3n) is 5.19. The van der Waals surface area contributed by atoms with E-state index >= 15 is 0 Å². The molecule has 2 aromatic carbocycles. The molecule has 0 spiro atoms. The molecule has 0 bridgehead atoms. The predicted molar refractivity (Wildman–Crippen MR) is 106 cm³/mol. The highest BCUT2D eigenvalue weighted by molar-refractivity contribution is 5.98. The Morgan fingerprint density at radius 2 is 1.66 bits per heavy atom. The molecule has 3 aromatic rings. The maximum atomic E-state index is 13.7. The molecule has 0 fully saturated rings. The Morgan fingerprint density at radius 3 is 2.31 bits per heavy atom. The molecule has 0 amide bonds. The van der Waals surface area contributed by atoms with Crippen LogP contribution in [0.15, 0.2) is 71.5 Å². The summed E-state index contributed by atoms with van der Waals surface area (Å²) in [5.74, 6) is -1.36. The number of hydrogen-bond acceptors (Lipinski definition) is 5. The topological polar surface area (TPSA) is 109 Å². The minimum absolute atomic E-state index is 0.119. The van der Waals surface area contributed by atoms with Gasteiger partial charge in [0, 0.05) is 18.7 Å². The van der Waals surface area contributed by atoms with Crippen molar-refractivity contribution in [2.45, 2.75) is 11.8 Å². The summed E-state index contributed by atoms with van der Waals surface area (Å²) in [6, 6.07) is 18.3. The fourth-order valence-electron chi connectivity index (χ4n) is 3.81. The quantitative estimate of drug-likeness (QED) is 0.630. The zero-order chi connectivity index (χ0) is 20.6. The van der Waals surface area contributed by atoms with Gasteiger partial charge in [0.15, 0.2) is 0 Å². The number of anilines is 1. The molecule has 7 nitrogen and oxygen atoms in total. The van der Waals surface area contributed by atoms with Gasteiger partial charge in [0.2, 0.25) is 0 Å². The summed E-state index contributed by atoms with van der Waals surface area (Å²) in [7, 11) is 0. The van der Waals surface area contributed by atoms with Crippen molar-refractivity contribution in [1.29, 1.82) is 0 Å². The highest BCUT2D eigenvalue weighted by atomic mass is 16.4. The summed E-state index contributed by atoms with van der Waals surface area (Å²) in [6.45, 7) is 0.178. The van der Waals surface area contributed by atoms with Crippen LogP contribution in [-0.4, -0.2) is 33.2 Å². The number of rotatable bonds is 4. The van der Waals surface area contributed by atoms with Gasteiger partial charge in [0.05, 0.1) is 6.42 Å². The minimum atomic E-state index is -1.18. The first-order chi connectivity index (χ1) is 13.9. The monoisotopic (exact) mass is 390 g/mol. The molecule has 0 saturated heterocycles. The maximum absolute atomic E-state index is 13.7. The van der Waals surface area contributed by atoms with Crippen LogP contribution in [-0.2, 0) is 16.6 Å². The average Bonchev–Trinajstić information content (AvgIpc) is 2.69. The lowest BCUT2D eigenvalue weighted by atomic mass is 9.72. The third-order valence-corrected chi connectivity index (χ3v) is 5.19. The van der Waals surface area contributed by atoms with Crippen molar-refractivity contribution in [3.63, 3.8) is 0 Å². The molecule has 4 rings (SSSR count). The molecular formula is C22H18N2O5. The number of benzene rings is 2. The summed E-state index contributed by atoms with van der Waals surface area (Å²) in [5.41, 5.74) is 0.148. The Balaban J connectivity index is 1.91. The smallest absolute Gasteiger partial charge is 0.307 e. The summed E-state index contributed by atoms with van der Waals surface area (Å²) in [6.07, 6.45) is -0.119. The number of pyridine rings is 1. The van der Waals surface area contributed by atoms with Gasteiger partial charge in [-0.3, -0.25) is 14.4 Å². The van der Waals surface area contributed by atoms with Crippen molar-refractivity contribution in [3.8, 4) is 5.75 Å². The van der Waals surface area contributed by atoms with E-state index in [0.717, 1.165) is 10.6 Å². The van der Waals surface area contributed by atoms with Crippen LogP contribution in [0.1, 0.15) is 21.5 Å². The van der Waals surface area contributed by atoms with E-state index in [2.05, 4.69) is 5.32 Å². The van der Waals surface area contributed by atoms with Gasteiger partial charge in [-0.15, -0.1) is 0 Å². The van der Waals surface area contributed by atoms with Crippen molar-refractivity contribution in [3.05, 3.63) is 93.8 Å². The molecule has 1 unspecified atom stereocenters. The van der Waals surface area contributed by atoms with Crippen LogP contribution < -0.4 is 10.9 Å². The van der Waals surface area contributed by atoms with Crippen LogP contribution in [0.2, 0.25) is 0 Å². The summed E-state index contributed by atoms with van der Waals surface area (Å²) in [5, 5.41) is 21.8. The largest absolute Gasteiger partial charge is 0.508 e. The summed E-state index contributed by atoms with van der Waals surface area (Å²) in [4.78, 5) is 37.2. The van der Waals surface area contributed by atoms with Crippen LogP contribution in [0.4, 0.5) is 5.82 Å². The van der Waals surface area contributed by atoms with Crippen molar-refractivity contribution in [2.24, 2.45) is 0 Å². The Labute approximate surface area is 165 Å². The molecule has 0 radical (unpaired) electrons. The highest BCUT2D eigenvalue weighted by Gasteiger charge is 2.46. The minimum Gasteiger partial charge on any atom is -0.508 e. The van der Waals surface area contributed by atoms with Crippen molar-refractivity contribution < 1.29 is 19.8 Å². The Kier molecular flexibility index (Phi) is 4.43. The Morgan fingerprint density at radius 1 is 1.00 bits per heavy atom. The van der Waals surface area contributed by atoms with Gasteiger partial charge in [-0.1, -0.05) is 54.6 Å². The lowest BCUT2D eigenvalue weighted by Crippen LogP contribution is -2.53. The van der Waals surface area contributed by atoms with Gasteiger partial charge >= 0.3 is 5.97 Å². The van der Waals surface area contributed by atoms with Crippen LogP contribution in [0.25, 0.3) is 0 Å². The standard InChI is InChI=1S/C22H18N2O5/c25-17-11-18-23-13-22(15-4-2-1-3-5-15,21(29)24(18)19(26)12-17)16-8-6-14(7-9-16)10-20(27)28/h1-9,11-12,23,25H,10,13H2,(H,27,28). The molecule has 0 saturated carbocycles. The Hall–Kier alpha value is -3.87. The van der Waals surface area contributed by atoms with E-state index in [4.69, 9.17) is 5.11 Å². The average molecular weight is 390 g/mol. The third kappa shape index (κ3) is 3.06. The maximum Gasteiger partial charge on any atom is 0.307 e. The number of carbonyl (C=O) groups is 2. The lowest BCUT2D eigenvalue weighted by Gasteiger charge is -2.38. The summed E-state index contributed by atoms with van der Waals surface area (Å²) < 4.78 is 1.03. The molecule has 2 heterocycles. The van der Waals surface area contributed by atoms with Crippen LogP contribution in [0.5, 0.6) is 5.75 Å². The number of aromatic nitrogens is 1. The second-order valence-electron chi connectivity index (χ2n) is 6.97. The van der Waals surface area contributed by atoms with Gasteiger partial charge in [0.1, 0.15) is 17.0 Å². The number of aromatic hydroxyl groups is 1. The molecule has 1 aliphatic heterocycles. The SMILES string of the molecule is O=C(O)Cc1ccc(C2(c3ccccc3)CNc3cc(O)cc(=O)n3C2=O)cc1. The van der Waals surface area contributed by atoms with Crippen molar-refractivity contribution in [1.82, 2.24) is 4.57 Å². The first-order valence-corrected chi connectivity index (χ1v) is 9.03. The van der Waals surface area contributed by atoms with E-state index in [1.54, 1.807) is 24.3 Å². The molecule has 1 atom stereocenters. The van der Waals surface area contributed by atoms with Crippen LogP contribution >= 0.6 is 0 Å². The van der Waals surface area contributed by atoms with E-state index in [1.165, 1.54) is 6.07 Å². The van der Waals surface area contributed by atoms with Crippen LogP contribution in [0, 0.1) is 0 Å². The van der Waals surface area contributed by atoms with E-state index in [1.807, 2.05) is 30.3 Å². The van der Waals surface area contributed by atoms with Crippen LogP contribution in [0.3, 0.4) is 0 Å². The molecule has 1 aliphatic rings. The number of nitrogens with one attached hydrogen (secondary N) is 1. The van der Waals surface area contributed by atoms with Gasteiger partial charge in [-0.05, 0) is 16.7 Å². The zero-order valence-corrected chi connectivity index (χ0v) is 15.3. The van der Waals surface area contributed by atoms with E-state index in [0.29, 0.717) is 16.7 Å². The van der Waals surface area contributed by atoms with Crippen molar-refractivity contribution in [2.75, 3.05) is 11.9 Å². The van der Waals surface area contributed by atoms with Gasteiger partial charge in [-0.25, -0.2) is 4.57 Å². The second-order valence-corrected chi connectivity index (χ2v) is 6.97. The van der Waals surface area contributed by atoms with Crippen molar-refractivity contribution >= 4 is 17.7 Å². The molecule has 0 aliphatic carbocycles. The number of nitrogens with zero attached hydrogens (tertiary/aromatic N) is 1. The van der Waals surface area contributed by atoms with E-state index < -0.39 is 22.9 Å². The highest BCUT2D eigenvalue weighted by Crippen LogP contribution is 2.38. The normalized spacial score (nSPS) is 18.0. The molecule has 7 heteroatoms. The molecular weight excluding hydrogens is 372 g/mol. The first kappa shape index (κ1) is 18.5. The molecule has 3 N–H and O–H groups in total. The predicted octanol–water partition coefficient (Wildman–Crippen LogP) is 2.23. The first-order valence-electron chi connectivity index (χ1n) is 9.03. The van der Waals surface area contributed by atoms with E-state index in [9.17, 15) is 19.5 Å². The second kappa shape index (κ2) is 6.94. The fourth-order valence-corrected chi connectivity index (χ4v) is 3.81. The Bertz CT molecular complexity index is 1150. The number of carbonyl (C=O) groups excluding carboxylic acids is 1. The van der Waals surface area contributed by atoms with Gasteiger partial charge < -0.3 is 15.5 Å². The molecule has 29 heavy (non-hydrogen) atoms. The number of hydrogen-bond donors (Lipinski definition) is 3. The number of fused-ring (bicyclic) bond motifs is 1. The van der Waals surface area contributed by atoms with E-state index in [-0.39, 0.29) is 24.5 Å². The fraction of sp³-hybridized carbons (Fsp3) is 0.136. The zero-order valence-electron chi connectivity index (χ0n) is 15.3. The van der Waals surface area contributed by atoms with Gasteiger partial charge in [-0.2, -0.15) is 0 Å².